The van der Waals surface area contributed by atoms with Gasteiger partial charge in [-0.2, -0.15) is 0 Å². The normalized spacial score (nSPS) is 8.88. The molecule has 0 unspecified atom stereocenters. The second kappa shape index (κ2) is 7.11. The number of nitrogens with zero attached hydrogens (tertiary/aromatic N) is 1. The van der Waals surface area contributed by atoms with Gasteiger partial charge in [-0.3, -0.25) is 4.21 Å². The van der Waals surface area contributed by atoms with E-state index in [1.54, 1.807) is 12.5 Å². The van der Waals surface area contributed by atoms with Crippen molar-refractivity contribution >= 4 is 10.8 Å². The van der Waals surface area contributed by atoms with Crippen molar-refractivity contribution < 1.29 is 4.21 Å². The molecule has 2 nitrogen and oxygen atoms in total. The third-order valence-electron chi connectivity index (χ3n) is 0. The van der Waals surface area contributed by atoms with Crippen molar-refractivity contribution in [2.45, 2.75) is 0 Å². The highest BCUT2D eigenvalue weighted by atomic mass is 32.2. The van der Waals surface area contributed by atoms with E-state index in [0.717, 1.165) is 0 Å². The van der Waals surface area contributed by atoms with Gasteiger partial charge in [0.05, 0.1) is 0 Å². The second-order valence-corrected chi connectivity index (χ2v) is 3.57. The Bertz CT molecular complexity index is 56.7. The summed E-state index contributed by atoms with van der Waals surface area (Å²) in [6.07, 6.45) is 3.28. The van der Waals surface area contributed by atoms with E-state index in [4.69, 9.17) is 0 Å². The van der Waals surface area contributed by atoms with Crippen molar-refractivity contribution in [3.8, 4) is 0 Å². The molecule has 0 aromatic rings. The van der Waals surface area contributed by atoms with Crippen LogP contribution in [0.15, 0.2) is 0 Å². The van der Waals surface area contributed by atoms with Crippen LogP contribution in [0.4, 0.5) is 0 Å². The fourth-order valence-electron chi connectivity index (χ4n) is 0. The molecule has 0 saturated carbocycles. The SMILES string of the molecule is CN(C)C.CS(C)=O. The van der Waals surface area contributed by atoms with Crippen molar-refractivity contribution in [1.82, 2.24) is 4.90 Å². The van der Waals surface area contributed by atoms with E-state index in [9.17, 15) is 4.21 Å². The van der Waals surface area contributed by atoms with E-state index in [2.05, 4.69) is 0 Å². The summed E-state index contributed by atoms with van der Waals surface area (Å²) in [6.45, 7) is 0. The predicted octanol–water partition coefficient (Wildman–Crippen LogP) is 0.173. The Kier molecular flexibility index (Phi) is 9.76. The molecular formula is C5H15NOS. The molecule has 0 fully saturated rings. The van der Waals surface area contributed by atoms with Gasteiger partial charge in [-0.25, -0.2) is 0 Å². The average Bonchev–Trinajstić information content (AvgIpc) is 1.25. The van der Waals surface area contributed by atoms with Gasteiger partial charge in [-0.05, 0) is 21.1 Å². The Labute approximate surface area is 54.3 Å². The Hall–Kier alpha value is 0.110. The minimum absolute atomic E-state index is 0.611. The molecule has 0 amide bonds. The molecule has 0 aromatic heterocycles. The average molecular weight is 137 g/mol. The molecule has 0 saturated heterocycles. The van der Waals surface area contributed by atoms with E-state index < -0.39 is 10.8 Å². The molecule has 0 heterocycles. The zero-order chi connectivity index (χ0) is 7.15. The Morgan fingerprint density at radius 2 is 1.12 bits per heavy atom. The molecular weight excluding hydrogens is 122 g/mol. The van der Waals surface area contributed by atoms with Crippen molar-refractivity contribution in [2.75, 3.05) is 33.7 Å². The molecule has 3 heteroatoms. The summed E-state index contributed by atoms with van der Waals surface area (Å²) in [5.74, 6) is 0. The van der Waals surface area contributed by atoms with Gasteiger partial charge >= 0.3 is 0 Å². The largest absolute Gasteiger partial charge is 0.312 e. The monoisotopic (exact) mass is 137 g/mol. The topological polar surface area (TPSA) is 20.3 Å². The van der Waals surface area contributed by atoms with Crippen LogP contribution < -0.4 is 0 Å². The maximum atomic E-state index is 9.56. The third-order valence-corrected chi connectivity index (χ3v) is 0. The van der Waals surface area contributed by atoms with Crippen LogP contribution in [0, 0.1) is 0 Å². The molecule has 0 bridgehead atoms. The van der Waals surface area contributed by atoms with Gasteiger partial charge in [-0.1, -0.05) is 0 Å². The van der Waals surface area contributed by atoms with Gasteiger partial charge in [-0.15, -0.1) is 0 Å². The van der Waals surface area contributed by atoms with E-state index in [0.29, 0.717) is 0 Å². The van der Waals surface area contributed by atoms with E-state index in [-0.39, 0.29) is 0 Å². The molecule has 0 aliphatic rings. The lowest BCUT2D eigenvalue weighted by molar-refractivity contribution is 0.505. The summed E-state index contributed by atoms with van der Waals surface area (Å²) in [6, 6.07) is 0. The molecule has 0 rings (SSSR count). The summed E-state index contributed by atoms with van der Waals surface area (Å²) in [5.41, 5.74) is 0. The summed E-state index contributed by atoms with van der Waals surface area (Å²) in [4.78, 5) is 2.00. The highest BCUT2D eigenvalue weighted by Crippen LogP contribution is 1.48. The van der Waals surface area contributed by atoms with Crippen LogP contribution >= 0.6 is 0 Å². The van der Waals surface area contributed by atoms with Crippen molar-refractivity contribution in [1.29, 1.82) is 0 Å². The van der Waals surface area contributed by atoms with Crippen molar-refractivity contribution in [3.05, 3.63) is 0 Å². The van der Waals surface area contributed by atoms with Crippen LogP contribution in [-0.2, 0) is 10.8 Å². The number of rotatable bonds is 0. The van der Waals surface area contributed by atoms with Crippen LogP contribution in [0.25, 0.3) is 0 Å². The fraction of sp³-hybridized carbons (Fsp3) is 1.00. The molecule has 0 radical (unpaired) electrons. The highest BCUT2D eigenvalue weighted by molar-refractivity contribution is 7.83. The van der Waals surface area contributed by atoms with Crippen LogP contribution in [0.3, 0.4) is 0 Å². The Morgan fingerprint density at radius 1 is 1.12 bits per heavy atom. The number of hydrogen-bond donors (Lipinski definition) is 0. The van der Waals surface area contributed by atoms with Gasteiger partial charge in [0.2, 0.25) is 0 Å². The first-order valence-electron chi connectivity index (χ1n) is 2.32. The smallest absolute Gasteiger partial charge is 0.0148 e. The fourth-order valence-corrected chi connectivity index (χ4v) is 0. The van der Waals surface area contributed by atoms with Crippen LogP contribution in [0.1, 0.15) is 0 Å². The van der Waals surface area contributed by atoms with Gasteiger partial charge in [0.25, 0.3) is 0 Å². The Morgan fingerprint density at radius 3 is 1.12 bits per heavy atom. The summed E-state index contributed by atoms with van der Waals surface area (Å²) >= 11 is 0. The van der Waals surface area contributed by atoms with Gasteiger partial charge in [0, 0.05) is 23.3 Å². The zero-order valence-corrected chi connectivity index (χ0v) is 7.08. The molecule has 0 atom stereocenters. The summed E-state index contributed by atoms with van der Waals surface area (Å²) < 4.78 is 9.56. The van der Waals surface area contributed by atoms with Crippen molar-refractivity contribution in [2.24, 2.45) is 0 Å². The standard InChI is InChI=1S/C3H9N.C2H6OS/c2*1-4(2)3/h1-3H3;1-2H3. The molecule has 52 valence electrons. The van der Waals surface area contributed by atoms with Crippen molar-refractivity contribution in [3.63, 3.8) is 0 Å². The first-order chi connectivity index (χ1) is 3.46. The minimum atomic E-state index is -0.611. The second-order valence-electron chi connectivity index (χ2n) is 2.08. The van der Waals surface area contributed by atoms with Crippen LogP contribution in [0.2, 0.25) is 0 Å². The minimum Gasteiger partial charge on any atom is -0.312 e. The lowest BCUT2D eigenvalue weighted by Crippen LogP contribution is -1.99. The molecule has 0 N–H and O–H groups in total. The summed E-state index contributed by atoms with van der Waals surface area (Å²) in [5, 5.41) is 0. The first-order valence-corrected chi connectivity index (χ1v) is 4.29. The predicted molar refractivity (Wildman–Crippen MR) is 39.6 cm³/mol. The van der Waals surface area contributed by atoms with E-state index >= 15 is 0 Å². The Balaban J connectivity index is 0. The molecule has 8 heavy (non-hydrogen) atoms. The summed E-state index contributed by atoms with van der Waals surface area (Å²) in [7, 11) is 5.39. The maximum absolute atomic E-state index is 9.56. The van der Waals surface area contributed by atoms with E-state index in [1.807, 2.05) is 26.0 Å². The molecule has 0 aliphatic carbocycles. The zero-order valence-electron chi connectivity index (χ0n) is 6.26. The molecule has 0 spiro atoms. The maximum Gasteiger partial charge on any atom is 0.0148 e. The van der Waals surface area contributed by atoms with Gasteiger partial charge in [0.15, 0.2) is 0 Å². The third kappa shape index (κ3) is 13200. The van der Waals surface area contributed by atoms with Crippen LogP contribution in [0.5, 0.6) is 0 Å². The molecule has 0 aliphatic heterocycles. The van der Waals surface area contributed by atoms with E-state index in [1.165, 1.54) is 0 Å². The lowest BCUT2D eigenvalue weighted by Gasteiger charge is -1.90. The quantitative estimate of drug-likeness (QED) is 0.474. The van der Waals surface area contributed by atoms with Crippen LogP contribution in [-0.4, -0.2) is 42.8 Å². The lowest BCUT2D eigenvalue weighted by atomic mass is 11.0. The van der Waals surface area contributed by atoms with Gasteiger partial charge < -0.3 is 4.90 Å². The highest BCUT2D eigenvalue weighted by Gasteiger charge is 1.58. The number of hydrogen-bond acceptors (Lipinski definition) is 2. The van der Waals surface area contributed by atoms with Gasteiger partial charge in [0.1, 0.15) is 0 Å². The first kappa shape index (κ1) is 11.0. The molecule has 0 aromatic carbocycles.